The molecule has 180 valence electrons. The highest BCUT2D eigenvalue weighted by Crippen LogP contribution is 2.38. The lowest BCUT2D eigenvalue weighted by molar-refractivity contribution is 0.0728. The molecule has 0 fully saturated rings. The maximum atomic E-state index is 13.7. The van der Waals surface area contributed by atoms with Crippen LogP contribution in [0.1, 0.15) is 41.4 Å². The molecule has 0 aliphatic carbocycles. The zero-order chi connectivity index (χ0) is 25.9. The van der Waals surface area contributed by atoms with E-state index in [4.69, 9.17) is 0 Å². The van der Waals surface area contributed by atoms with E-state index in [9.17, 15) is 27.6 Å². The van der Waals surface area contributed by atoms with Crippen LogP contribution in [0.2, 0.25) is 0 Å². The summed E-state index contributed by atoms with van der Waals surface area (Å²) in [6.45, 7) is 0. The van der Waals surface area contributed by atoms with Gasteiger partial charge in [0.1, 0.15) is 0 Å². The van der Waals surface area contributed by atoms with Crippen LogP contribution in [0.25, 0.3) is 22.3 Å². The standard InChI is InChI=1S/C28H16N2O6S/c31-25-21-15-7-13-19(17-9-3-1-4-10-17)23(21)27(33)29(25)37(35,36)30-26(32)22-16-8-14-20(24(22)28(30)34)18-11-5-2-6-12-18/h1-16H. The first kappa shape index (κ1) is 22.6. The number of benzene rings is 4. The van der Waals surface area contributed by atoms with Crippen molar-refractivity contribution < 1.29 is 27.6 Å². The van der Waals surface area contributed by atoms with Crippen LogP contribution >= 0.6 is 0 Å². The Bertz CT molecular complexity index is 1640. The van der Waals surface area contributed by atoms with Crippen molar-refractivity contribution >= 4 is 33.8 Å². The Labute approximate surface area is 211 Å². The zero-order valence-electron chi connectivity index (χ0n) is 19.0. The Balaban J connectivity index is 1.45. The Kier molecular flexibility index (Phi) is 4.92. The largest absolute Gasteiger partial charge is 0.345 e. The lowest BCUT2D eigenvalue weighted by atomic mass is 9.97. The van der Waals surface area contributed by atoms with Gasteiger partial charge in [-0.15, -0.1) is 8.61 Å². The molecule has 4 aromatic carbocycles. The highest BCUT2D eigenvalue weighted by atomic mass is 32.2. The molecule has 2 aliphatic heterocycles. The Morgan fingerprint density at radius 3 is 1.14 bits per heavy atom. The lowest BCUT2D eigenvalue weighted by Crippen LogP contribution is -2.49. The molecular weight excluding hydrogens is 492 g/mol. The highest BCUT2D eigenvalue weighted by Gasteiger charge is 2.53. The number of fused-ring (bicyclic) bond motifs is 2. The van der Waals surface area contributed by atoms with Crippen LogP contribution in [0.3, 0.4) is 0 Å². The second-order valence-corrected chi connectivity index (χ2v) is 10.1. The van der Waals surface area contributed by atoms with Gasteiger partial charge < -0.3 is 0 Å². The summed E-state index contributed by atoms with van der Waals surface area (Å²) in [5.74, 6) is -4.51. The molecule has 0 spiro atoms. The molecule has 4 aromatic rings. The second-order valence-electron chi connectivity index (χ2n) is 8.45. The van der Waals surface area contributed by atoms with Crippen LogP contribution < -0.4 is 0 Å². The van der Waals surface area contributed by atoms with E-state index in [1.54, 1.807) is 72.8 Å². The third-order valence-electron chi connectivity index (χ3n) is 6.39. The van der Waals surface area contributed by atoms with Crippen molar-refractivity contribution in [1.82, 2.24) is 8.61 Å². The molecule has 8 nitrogen and oxygen atoms in total. The molecule has 0 aromatic heterocycles. The normalized spacial score (nSPS) is 14.8. The SMILES string of the molecule is O=C1c2cccc(-c3ccccc3)c2C(=O)N1S(=O)(=O)N1C(=O)c2cccc(-c3ccccc3)c2C1=O. The fourth-order valence-corrected chi connectivity index (χ4v) is 6.13. The number of carbonyl (C=O) groups excluding carboxylic acids is 4. The molecule has 0 atom stereocenters. The maximum Gasteiger partial charge on any atom is 0.345 e. The van der Waals surface area contributed by atoms with Gasteiger partial charge in [-0.25, -0.2) is 0 Å². The number of hydrogen-bond donors (Lipinski definition) is 0. The fraction of sp³-hybridized carbons (Fsp3) is 0. The van der Waals surface area contributed by atoms with Crippen molar-refractivity contribution in [3.63, 3.8) is 0 Å². The van der Waals surface area contributed by atoms with Crippen molar-refractivity contribution in [2.45, 2.75) is 0 Å². The van der Waals surface area contributed by atoms with Gasteiger partial charge in [-0.05, 0) is 34.4 Å². The van der Waals surface area contributed by atoms with Gasteiger partial charge in [0, 0.05) is 0 Å². The van der Waals surface area contributed by atoms with Crippen molar-refractivity contribution in [3.05, 3.63) is 119 Å². The Morgan fingerprint density at radius 1 is 0.405 bits per heavy atom. The summed E-state index contributed by atoms with van der Waals surface area (Å²) < 4.78 is 27.4. The Hall–Kier alpha value is -4.89. The van der Waals surface area contributed by atoms with E-state index in [-0.39, 0.29) is 30.9 Å². The van der Waals surface area contributed by atoms with E-state index in [1.165, 1.54) is 24.3 Å². The summed E-state index contributed by atoms with van der Waals surface area (Å²) in [6.07, 6.45) is 0. The van der Waals surface area contributed by atoms with E-state index in [2.05, 4.69) is 0 Å². The molecule has 2 heterocycles. The number of amides is 4. The van der Waals surface area contributed by atoms with Crippen LogP contribution in [-0.4, -0.2) is 40.7 Å². The van der Waals surface area contributed by atoms with Crippen LogP contribution in [0.5, 0.6) is 0 Å². The van der Waals surface area contributed by atoms with Crippen LogP contribution in [-0.2, 0) is 10.2 Å². The third kappa shape index (κ3) is 3.18. The Morgan fingerprint density at radius 2 is 0.757 bits per heavy atom. The first-order valence-electron chi connectivity index (χ1n) is 11.2. The molecule has 0 bridgehead atoms. The molecule has 9 heteroatoms. The monoisotopic (exact) mass is 508 g/mol. The molecule has 0 radical (unpaired) electrons. The van der Waals surface area contributed by atoms with Gasteiger partial charge >= 0.3 is 10.2 Å². The summed E-state index contributed by atoms with van der Waals surface area (Å²) in [5, 5.41) is 0. The first-order chi connectivity index (χ1) is 17.8. The minimum atomic E-state index is -5.20. The minimum Gasteiger partial charge on any atom is -0.267 e. The average molecular weight is 509 g/mol. The highest BCUT2D eigenvalue weighted by molar-refractivity contribution is 7.89. The molecule has 0 saturated heterocycles. The van der Waals surface area contributed by atoms with Gasteiger partial charge in [0.25, 0.3) is 23.6 Å². The zero-order valence-corrected chi connectivity index (χ0v) is 19.8. The molecule has 0 N–H and O–H groups in total. The molecular formula is C28H16N2O6S. The first-order valence-corrected chi connectivity index (χ1v) is 12.6. The summed E-state index contributed by atoms with van der Waals surface area (Å²) >= 11 is 0. The molecule has 0 unspecified atom stereocenters. The lowest BCUT2D eigenvalue weighted by Gasteiger charge is -2.20. The van der Waals surface area contributed by atoms with Crippen molar-refractivity contribution in [3.8, 4) is 22.3 Å². The minimum absolute atomic E-state index is 0.00791. The smallest absolute Gasteiger partial charge is 0.267 e. The van der Waals surface area contributed by atoms with E-state index in [0.29, 0.717) is 22.3 Å². The van der Waals surface area contributed by atoms with Gasteiger partial charge in [-0.1, -0.05) is 84.9 Å². The van der Waals surface area contributed by atoms with Gasteiger partial charge in [0.05, 0.1) is 22.3 Å². The fourth-order valence-electron chi connectivity index (χ4n) is 4.75. The van der Waals surface area contributed by atoms with Gasteiger partial charge in [0.15, 0.2) is 0 Å². The quantitative estimate of drug-likeness (QED) is 0.383. The van der Waals surface area contributed by atoms with E-state index in [1.807, 2.05) is 0 Å². The summed E-state index contributed by atoms with van der Waals surface area (Å²) in [5.41, 5.74) is 1.47. The summed E-state index contributed by atoms with van der Waals surface area (Å²) in [7, 11) is -5.20. The molecule has 6 rings (SSSR count). The van der Waals surface area contributed by atoms with Gasteiger partial charge in [0.2, 0.25) is 0 Å². The van der Waals surface area contributed by atoms with E-state index >= 15 is 0 Å². The molecule has 4 amide bonds. The van der Waals surface area contributed by atoms with E-state index < -0.39 is 33.8 Å². The number of imide groups is 2. The molecule has 37 heavy (non-hydrogen) atoms. The van der Waals surface area contributed by atoms with Gasteiger partial charge in [-0.2, -0.15) is 8.42 Å². The predicted octanol–water partition coefficient (Wildman–Crippen LogP) is 4.16. The van der Waals surface area contributed by atoms with Crippen LogP contribution in [0.4, 0.5) is 0 Å². The maximum absolute atomic E-state index is 13.7. The summed E-state index contributed by atoms with van der Waals surface area (Å²) in [6, 6.07) is 26.4. The molecule has 2 aliphatic rings. The molecule has 0 saturated carbocycles. The average Bonchev–Trinajstić information content (AvgIpc) is 3.34. The van der Waals surface area contributed by atoms with Gasteiger partial charge in [-0.3, -0.25) is 19.2 Å². The predicted molar refractivity (Wildman–Crippen MR) is 134 cm³/mol. The topological polar surface area (TPSA) is 109 Å². The summed E-state index contributed by atoms with van der Waals surface area (Å²) in [4.78, 5) is 53.4. The number of rotatable bonds is 4. The van der Waals surface area contributed by atoms with E-state index in [0.717, 1.165) is 0 Å². The van der Waals surface area contributed by atoms with Crippen molar-refractivity contribution in [1.29, 1.82) is 0 Å². The van der Waals surface area contributed by atoms with Crippen LogP contribution in [0, 0.1) is 0 Å². The van der Waals surface area contributed by atoms with Crippen molar-refractivity contribution in [2.75, 3.05) is 0 Å². The number of hydrogen-bond acceptors (Lipinski definition) is 6. The second kappa shape index (κ2) is 8.07. The van der Waals surface area contributed by atoms with Crippen molar-refractivity contribution in [2.24, 2.45) is 0 Å². The number of carbonyl (C=O) groups is 4. The number of nitrogens with zero attached hydrogens (tertiary/aromatic N) is 2. The van der Waals surface area contributed by atoms with Crippen LogP contribution in [0.15, 0.2) is 97.1 Å². The third-order valence-corrected chi connectivity index (χ3v) is 7.97.